The van der Waals surface area contributed by atoms with Crippen LogP contribution < -0.4 is 5.32 Å². The summed E-state index contributed by atoms with van der Waals surface area (Å²) in [6.07, 6.45) is 6.94. The molecule has 0 radical (unpaired) electrons. The third-order valence-electron chi connectivity index (χ3n) is 5.07. The van der Waals surface area contributed by atoms with Crippen molar-refractivity contribution < 1.29 is 18.0 Å². The van der Waals surface area contributed by atoms with E-state index in [9.17, 15) is 18.0 Å². The molecule has 1 aliphatic heterocycles. The Kier molecular flexibility index (Phi) is 7.18. The van der Waals surface area contributed by atoms with E-state index in [0.29, 0.717) is 24.3 Å². The number of ketones is 1. The SMILES string of the molecule is CC(=O)c1ccc(NC(=O)/C=C/c2ccc(S(=O)(=O)N3CCCCCC3)cc2)cc1. The van der Waals surface area contributed by atoms with Crippen molar-refractivity contribution in [2.45, 2.75) is 37.5 Å². The van der Waals surface area contributed by atoms with Crippen LogP contribution in [-0.4, -0.2) is 37.5 Å². The highest BCUT2D eigenvalue weighted by molar-refractivity contribution is 7.89. The van der Waals surface area contributed by atoms with Gasteiger partial charge in [-0.25, -0.2) is 8.42 Å². The van der Waals surface area contributed by atoms with Crippen LogP contribution in [0.15, 0.2) is 59.5 Å². The summed E-state index contributed by atoms with van der Waals surface area (Å²) in [6, 6.07) is 13.2. The summed E-state index contributed by atoms with van der Waals surface area (Å²) in [4.78, 5) is 23.7. The molecule has 158 valence electrons. The Hall–Kier alpha value is -2.77. The highest BCUT2D eigenvalue weighted by atomic mass is 32.2. The molecular weight excluding hydrogens is 400 g/mol. The number of nitrogens with one attached hydrogen (secondary N) is 1. The quantitative estimate of drug-likeness (QED) is 0.557. The second-order valence-corrected chi connectivity index (χ2v) is 9.28. The van der Waals surface area contributed by atoms with Crippen molar-refractivity contribution in [1.29, 1.82) is 0 Å². The Morgan fingerprint density at radius 1 is 0.900 bits per heavy atom. The molecule has 2 aromatic carbocycles. The molecule has 30 heavy (non-hydrogen) atoms. The van der Waals surface area contributed by atoms with Crippen LogP contribution in [0.1, 0.15) is 48.5 Å². The van der Waals surface area contributed by atoms with E-state index in [2.05, 4.69) is 5.32 Å². The molecule has 6 nitrogen and oxygen atoms in total. The van der Waals surface area contributed by atoms with Crippen molar-refractivity contribution in [1.82, 2.24) is 4.31 Å². The van der Waals surface area contributed by atoms with E-state index in [1.807, 2.05) is 0 Å². The number of carbonyl (C=O) groups is 2. The predicted molar refractivity (Wildman–Crippen MR) is 118 cm³/mol. The molecule has 0 saturated carbocycles. The highest BCUT2D eigenvalue weighted by Gasteiger charge is 2.24. The van der Waals surface area contributed by atoms with Gasteiger partial charge in [0.25, 0.3) is 0 Å². The van der Waals surface area contributed by atoms with Crippen molar-refractivity contribution in [3.8, 4) is 0 Å². The van der Waals surface area contributed by atoms with Crippen LogP contribution in [0, 0.1) is 0 Å². The molecule has 3 rings (SSSR count). The topological polar surface area (TPSA) is 83.5 Å². The number of anilines is 1. The Morgan fingerprint density at radius 2 is 1.50 bits per heavy atom. The number of rotatable bonds is 6. The van der Waals surface area contributed by atoms with Crippen molar-refractivity contribution in [3.05, 3.63) is 65.7 Å². The molecule has 1 fully saturated rings. The predicted octanol–water partition coefficient (Wildman–Crippen LogP) is 4.11. The van der Waals surface area contributed by atoms with E-state index in [1.165, 1.54) is 13.0 Å². The lowest BCUT2D eigenvalue weighted by atomic mass is 10.1. The number of Topliss-reactive ketones (excluding diaryl/α,β-unsaturated/α-hetero) is 1. The van der Waals surface area contributed by atoms with Gasteiger partial charge in [-0.15, -0.1) is 0 Å². The largest absolute Gasteiger partial charge is 0.323 e. The number of amides is 1. The zero-order valence-electron chi connectivity index (χ0n) is 17.0. The molecule has 1 aliphatic rings. The van der Waals surface area contributed by atoms with Gasteiger partial charge in [-0.3, -0.25) is 9.59 Å². The van der Waals surface area contributed by atoms with Gasteiger partial charge in [0.1, 0.15) is 0 Å². The first-order valence-corrected chi connectivity index (χ1v) is 11.5. The lowest BCUT2D eigenvalue weighted by molar-refractivity contribution is -0.111. The van der Waals surface area contributed by atoms with Gasteiger partial charge in [0, 0.05) is 30.4 Å². The molecule has 0 aliphatic carbocycles. The fourth-order valence-electron chi connectivity index (χ4n) is 3.33. The molecule has 0 aromatic heterocycles. The normalized spacial score (nSPS) is 15.6. The van der Waals surface area contributed by atoms with Crippen molar-refractivity contribution >= 4 is 33.5 Å². The zero-order chi connectivity index (χ0) is 21.6. The molecule has 1 amide bonds. The van der Waals surface area contributed by atoms with Crippen molar-refractivity contribution in [2.24, 2.45) is 0 Å². The summed E-state index contributed by atoms with van der Waals surface area (Å²) in [5, 5.41) is 2.72. The van der Waals surface area contributed by atoms with Crippen LogP contribution in [0.25, 0.3) is 6.08 Å². The number of hydrogen-bond acceptors (Lipinski definition) is 4. The number of carbonyl (C=O) groups excluding carboxylic acids is 2. The molecule has 1 N–H and O–H groups in total. The average Bonchev–Trinajstić information content (AvgIpc) is 3.03. The monoisotopic (exact) mass is 426 g/mol. The number of nitrogens with zero attached hydrogens (tertiary/aromatic N) is 1. The number of hydrogen-bond donors (Lipinski definition) is 1. The van der Waals surface area contributed by atoms with Crippen LogP contribution in [0.3, 0.4) is 0 Å². The second-order valence-electron chi connectivity index (χ2n) is 7.34. The maximum absolute atomic E-state index is 12.8. The minimum Gasteiger partial charge on any atom is -0.323 e. The summed E-state index contributed by atoms with van der Waals surface area (Å²) in [7, 11) is -3.48. The van der Waals surface area contributed by atoms with Gasteiger partial charge >= 0.3 is 0 Å². The first-order chi connectivity index (χ1) is 14.4. The summed E-state index contributed by atoms with van der Waals surface area (Å²) in [6.45, 7) is 2.62. The summed E-state index contributed by atoms with van der Waals surface area (Å²) in [5.74, 6) is -0.346. The van der Waals surface area contributed by atoms with Gasteiger partial charge in [-0.1, -0.05) is 25.0 Å². The molecule has 0 unspecified atom stereocenters. The first-order valence-electron chi connectivity index (χ1n) is 10.1. The van der Waals surface area contributed by atoms with Crippen LogP contribution in [0.4, 0.5) is 5.69 Å². The van der Waals surface area contributed by atoms with E-state index in [4.69, 9.17) is 0 Å². The van der Waals surface area contributed by atoms with E-state index in [0.717, 1.165) is 31.2 Å². The Labute approximate surface area is 177 Å². The fraction of sp³-hybridized carbons (Fsp3) is 0.304. The highest BCUT2D eigenvalue weighted by Crippen LogP contribution is 2.21. The molecule has 0 spiro atoms. The molecule has 1 saturated heterocycles. The van der Waals surface area contributed by atoms with E-state index in [-0.39, 0.29) is 16.6 Å². The van der Waals surface area contributed by atoms with Gasteiger partial charge in [0.15, 0.2) is 5.78 Å². The summed E-state index contributed by atoms with van der Waals surface area (Å²) in [5.41, 5.74) is 1.90. The van der Waals surface area contributed by atoms with Gasteiger partial charge in [-0.05, 0) is 67.8 Å². The molecule has 1 heterocycles. The lowest BCUT2D eigenvalue weighted by Gasteiger charge is -2.19. The molecule has 2 aromatic rings. The Balaban J connectivity index is 1.62. The fourth-order valence-corrected chi connectivity index (χ4v) is 4.84. The molecular formula is C23H26N2O4S. The Bertz CT molecular complexity index is 1020. The van der Waals surface area contributed by atoms with Gasteiger partial charge < -0.3 is 5.32 Å². The van der Waals surface area contributed by atoms with Crippen LogP contribution in [0.2, 0.25) is 0 Å². The summed E-state index contributed by atoms with van der Waals surface area (Å²) < 4.78 is 27.2. The Morgan fingerprint density at radius 3 is 2.07 bits per heavy atom. The number of sulfonamides is 1. The maximum Gasteiger partial charge on any atom is 0.248 e. The molecule has 0 atom stereocenters. The second kappa shape index (κ2) is 9.82. The number of benzene rings is 2. The first kappa shape index (κ1) is 21.9. The molecule has 0 bridgehead atoms. The third-order valence-corrected chi connectivity index (χ3v) is 6.98. The van der Waals surface area contributed by atoms with Crippen molar-refractivity contribution in [2.75, 3.05) is 18.4 Å². The van der Waals surface area contributed by atoms with Gasteiger partial charge in [0.05, 0.1) is 4.90 Å². The van der Waals surface area contributed by atoms with E-state index < -0.39 is 10.0 Å². The van der Waals surface area contributed by atoms with E-state index in [1.54, 1.807) is 58.9 Å². The van der Waals surface area contributed by atoms with Gasteiger partial charge in [0.2, 0.25) is 15.9 Å². The average molecular weight is 427 g/mol. The van der Waals surface area contributed by atoms with Crippen LogP contribution >= 0.6 is 0 Å². The lowest BCUT2D eigenvalue weighted by Crippen LogP contribution is -2.31. The van der Waals surface area contributed by atoms with Crippen LogP contribution in [-0.2, 0) is 14.8 Å². The third kappa shape index (κ3) is 5.64. The zero-order valence-corrected chi connectivity index (χ0v) is 17.8. The van der Waals surface area contributed by atoms with Gasteiger partial charge in [-0.2, -0.15) is 4.31 Å². The van der Waals surface area contributed by atoms with E-state index >= 15 is 0 Å². The van der Waals surface area contributed by atoms with Crippen molar-refractivity contribution in [3.63, 3.8) is 0 Å². The minimum absolute atomic E-state index is 0.0333. The maximum atomic E-state index is 12.8. The minimum atomic E-state index is -3.48. The van der Waals surface area contributed by atoms with Crippen LogP contribution in [0.5, 0.6) is 0 Å². The standard InChI is InChI=1S/C23H26N2O4S/c1-18(26)20-9-11-21(12-10-20)24-23(27)15-8-19-6-13-22(14-7-19)30(28,29)25-16-4-2-3-5-17-25/h6-15H,2-5,16-17H2,1H3,(H,24,27)/b15-8+. The molecule has 7 heteroatoms. The summed E-state index contributed by atoms with van der Waals surface area (Å²) >= 11 is 0. The smallest absolute Gasteiger partial charge is 0.248 e.